The SMILES string of the molecule is CC1(N)CCN(c2ncc(C(=O)Nc3cc(Cl)cc(Cl)c3)c(N)n2)CC1. The number of carbonyl (C=O) groups excluding carboxylic acids is 1. The Morgan fingerprint density at radius 3 is 2.42 bits per heavy atom. The summed E-state index contributed by atoms with van der Waals surface area (Å²) in [6, 6.07) is 4.76. The predicted octanol–water partition coefficient (Wildman–Crippen LogP) is 2.94. The second kappa shape index (κ2) is 7.26. The molecular formula is C17H20Cl2N6O. The molecule has 3 rings (SSSR count). The van der Waals surface area contributed by atoms with Gasteiger partial charge in [0.15, 0.2) is 0 Å². The van der Waals surface area contributed by atoms with Crippen molar-refractivity contribution in [2.75, 3.05) is 29.0 Å². The van der Waals surface area contributed by atoms with Gasteiger partial charge in [-0.05, 0) is 38.0 Å². The largest absolute Gasteiger partial charge is 0.383 e. The maximum Gasteiger partial charge on any atom is 0.260 e. The van der Waals surface area contributed by atoms with E-state index in [4.69, 9.17) is 34.7 Å². The van der Waals surface area contributed by atoms with E-state index >= 15 is 0 Å². The summed E-state index contributed by atoms with van der Waals surface area (Å²) in [5, 5.41) is 3.53. The number of amides is 1. The van der Waals surface area contributed by atoms with Crippen molar-refractivity contribution in [1.29, 1.82) is 0 Å². The molecule has 9 heteroatoms. The van der Waals surface area contributed by atoms with E-state index in [0.717, 1.165) is 25.9 Å². The molecule has 2 heterocycles. The van der Waals surface area contributed by atoms with E-state index in [1.54, 1.807) is 18.2 Å². The Bertz CT molecular complexity index is 812. The molecule has 0 radical (unpaired) electrons. The molecule has 0 spiro atoms. The monoisotopic (exact) mass is 394 g/mol. The topological polar surface area (TPSA) is 110 Å². The Labute approximate surface area is 161 Å². The molecule has 2 aromatic rings. The van der Waals surface area contributed by atoms with Crippen molar-refractivity contribution in [2.45, 2.75) is 25.3 Å². The number of nitrogens with one attached hydrogen (secondary N) is 1. The van der Waals surface area contributed by atoms with Gasteiger partial charge < -0.3 is 21.7 Å². The van der Waals surface area contributed by atoms with E-state index in [-0.39, 0.29) is 16.9 Å². The van der Waals surface area contributed by atoms with Crippen LogP contribution in [0.2, 0.25) is 10.0 Å². The highest BCUT2D eigenvalue weighted by Gasteiger charge is 2.27. The molecule has 1 amide bonds. The number of benzene rings is 1. The van der Waals surface area contributed by atoms with Gasteiger partial charge in [0.2, 0.25) is 5.95 Å². The number of hydrogen-bond donors (Lipinski definition) is 3. The third kappa shape index (κ3) is 4.35. The lowest BCUT2D eigenvalue weighted by Crippen LogP contribution is -2.48. The van der Waals surface area contributed by atoms with Gasteiger partial charge in [-0.25, -0.2) is 4.98 Å². The van der Waals surface area contributed by atoms with Crippen molar-refractivity contribution in [3.05, 3.63) is 40.0 Å². The average molecular weight is 395 g/mol. The van der Waals surface area contributed by atoms with Crippen LogP contribution in [-0.2, 0) is 0 Å². The lowest BCUT2D eigenvalue weighted by molar-refractivity contribution is 0.102. The molecule has 26 heavy (non-hydrogen) atoms. The van der Waals surface area contributed by atoms with Crippen LogP contribution in [0.1, 0.15) is 30.1 Å². The third-order valence-corrected chi connectivity index (χ3v) is 4.80. The summed E-state index contributed by atoms with van der Waals surface area (Å²) in [7, 11) is 0. The number of carbonyl (C=O) groups is 1. The number of nitrogens with zero attached hydrogens (tertiary/aromatic N) is 3. The molecule has 0 atom stereocenters. The minimum absolute atomic E-state index is 0.113. The molecule has 1 aliphatic heterocycles. The molecule has 0 saturated carbocycles. The minimum atomic E-state index is -0.430. The second-order valence-electron chi connectivity index (χ2n) is 6.72. The lowest BCUT2D eigenvalue weighted by Gasteiger charge is -2.36. The molecule has 1 saturated heterocycles. The summed E-state index contributed by atoms with van der Waals surface area (Å²) < 4.78 is 0. The Balaban J connectivity index is 1.74. The van der Waals surface area contributed by atoms with Crippen LogP contribution < -0.4 is 21.7 Å². The van der Waals surface area contributed by atoms with E-state index in [2.05, 4.69) is 15.3 Å². The van der Waals surface area contributed by atoms with Crippen LogP contribution in [0.15, 0.2) is 24.4 Å². The number of nitrogens with two attached hydrogens (primary N) is 2. The average Bonchev–Trinajstić information content (AvgIpc) is 2.53. The maximum absolute atomic E-state index is 12.4. The zero-order valence-electron chi connectivity index (χ0n) is 14.3. The standard InChI is InChI=1S/C17H20Cl2N6O/c1-17(21)2-4-25(5-3-17)16-22-9-13(14(20)24-16)15(26)23-12-7-10(18)6-11(19)8-12/h6-9H,2-5,21H2,1H3,(H,23,26)(H2,20,22,24). The normalized spacial score (nSPS) is 16.4. The van der Waals surface area contributed by atoms with Crippen molar-refractivity contribution in [3.8, 4) is 0 Å². The van der Waals surface area contributed by atoms with E-state index in [1.807, 2.05) is 11.8 Å². The number of nitrogen functional groups attached to an aromatic ring is 1. The first-order valence-corrected chi connectivity index (χ1v) is 8.93. The highest BCUT2D eigenvalue weighted by molar-refractivity contribution is 6.35. The molecule has 1 aliphatic rings. The summed E-state index contributed by atoms with van der Waals surface area (Å²) in [5.74, 6) is 0.183. The van der Waals surface area contributed by atoms with Gasteiger partial charge in [-0.3, -0.25) is 4.79 Å². The quantitative estimate of drug-likeness (QED) is 0.737. The zero-order chi connectivity index (χ0) is 18.9. The molecular weight excluding hydrogens is 375 g/mol. The second-order valence-corrected chi connectivity index (χ2v) is 7.60. The number of rotatable bonds is 3. The predicted molar refractivity (Wildman–Crippen MR) is 105 cm³/mol. The third-order valence-electron chi connectivity index (χ3n) is 4.36. The van der Waals surface area contributed by atoms with Crippen LogP contribution in [0.5, 0.6) is 0 Å². The first-order valence-electron chi connectivity index (χ1n) is 8.17. The Kier molecular flexibility index (Phi) is 5.22. The van der Waals surface area contributed by atoms with Gasteiger partial charge in [0.05, 0.1) is 0 Å². The Morgan fingerprint density at radius 1 is 1.23 bits per heavy atom. The van der Waals surface area contributed by atoms with Gasteiger partial charge in [-0.15, -0.1) is 0 Å². The molecule has 0 bridgehead atoms. The van der Waals surface area contributed by atoms with Crippen LogP contribution in [0.4, 0.5) is 17.5 Å². The van der Waals surface area contributed by atoms with Crippen LogP contribution in [0.3, 0.4) is 0 Å². The van der Waals surface area contributed by atoms with Crippen molar-refractivity contribution in [3.63, 3.8) is 0 Å². The maximum atomic E-state index is 12.4. The first kappa shape index (κ1) is 18.7. The van der Waals surface area contributed by atoms with E-state index < -0.39 is 5.91 Å². The van der Waals surface area contributed by atoms with Gasteiger partial charge >= 0.3 is 0 Å². The van der Waals surface area contributed by atoms with Gasteiger partial charge in [0.1, 0.15) is 11.4 Å². The van der Waals surface area contributed by atoms with Gasteiger partial charge in [0.25, 0.3) is 5.91 Å². The van der Waals surface area contributed by atoms with Crippen LogP contribution in [0, 0.1) is 0 Å². The number of hydrogen-bond acceptors (Lipinski definition) is 6. The van der Waals surface area contributed by atoms with Crippen molar-refractivity contribution in [2.24, 2.45) is 5.73 Å². The van der Waals surface area contributed by atoms with Crippen molar-refractivity contribution in [1.82, 2.24) is 9.97 Å². The minimum Gasteiger partial charge on any atom is -0.383 e. The van der Waals surface area contributed by atoms with Gasteiger partial charge in [0, 0.05) is 40.6 Å². The summed E-state index contributed by atoms with van der Waals surface area (Å²) in [6.07, 6.45) is 3.11. The fraction of sp³-hybridized carbons (Fsp3) is 0.353. The summed E-state index contributed by atoms with van der Waals surface area (Å²) in [4.78, 5) is 23.0. The van der Waals surface area contributed by atoms with Gasteiger partial charge in [-0.1, -0.05) is 23.2 Å². The fourth-order valence-electron chi connectivity index (χ4n) is 2.75. The number of piperidine rings is 1. The molecule has 1 aromatic heterocycles. The molecule has 1 aromatic carbocycles. The number of halogens is 2. The van der Waals surface area contributed by atoms with E-state index in [0.29, 0.717) is 21.7 Å². The van der Waals surface area contributed by atoms with Crippen LogP contribution in [0.25, 0.3) is 0 Å². The van der Waals surface area contributed by atoms with Gasteiger partial charge in [-0.2, -0.15) is 4.98 Å². The van der Waals surface area contributed by atoms with Crippen molar-refractivity contribution < 1.29 is 4.79 Å². The number of aromatic nitrogens is 2. The Morgan fingerprint density at radius 2 is 1.85 bits per heavy atom. The van der Waals surface area contributed by atoms with E-state index in [1.165, 1.54) is 6.20 Å². The molecule has 7 nitrogen and oxygen atoms in total. The lowest BCUT2D eigenvalue weighted by atomic mass is 9.91. The molecule has 138 valence electrons. The highest BCUT2D eigenvalue weighted by atomic mass is 35.5. The first-order chi connectivity index (χ1) is 12.2. The Hall–Kier alpha value is -2.09. The molecule has 0 unspecified atom stereocenters. The van der Waals surface area contributed by atoms with E-state index in [9.17, 15) is 4.79 Å². The fourth-order valence-corrected chi connectivity index (χ4v) is 3.28. The van der Waals surface area contributed by atoms with Crippen molar-refractivity contribution >= 4 is 46.6 Å². The number of anilines is 3. The summed E-state index contributed by atoms with van der Waals surface area (Å²) in [6.45, 7) is 3.53. The molecule has 5 N–H and O–H groups in total. The molecule has 1 fully saturated rings. The van der Waals surface area contributed by atoms with Crippen LogP contribution in [-0.4, -0.2) is 34.5 Å². The van der Waals surface area contributed by atoms with Crippen LogP contribution >= 0.6 is 23.2 Å². The highest BCUT2D eigenvalue weighted by Crippen LogP contribution is 2.25. The summed E-state index contributed by atoms with van der Waals surface area (Å²) in [5.41, 5.74) is 12.6. The molecule has 0 aliphatic carbocycles. The smallest absolute Gasteiger partial charge is 0.260 e. The summed E-state index contributed by atoms with van der Waals surface area (Å²) >= 11 is 11.9. The zero-order valence-corrected chi connectivity index (χ0v) is 15.8.